The first kappa shape index (κ1) is 14.4. The molecule has 0 atom stereocenters. The van der Waals surface area contributed by atoms with Gasteiger partial charge in [-0.15, -0.1) is 0 Å². The summed E-state index contributed by atoms with van der Waals surface area (Å²) in [6.45, 7) is 5.55. The van der Waals surface area contributed by atoms with Crippen molar-refractivity contribution in [1.82, 2.24) is 3.53 Å². The number of ether oxygens (including phenoxy) is 1. The molecule has 0 radical (unpaired) electrons. The molecule has 5 nitrogen and oxygen atoms in total. The molecule has 110 valence electrons. The second-order valence-corrected chi connectivity index (χ2v) is 6.29. The van der Waals surface area contributed by atoms with Gasteiger partial charge >= 0.3 is 0 Å². The van der Waals surface area contributed by atoms with Gasteiger partial charge in [-0.25, -0.2) is 0 Å². The summed E-state index contributed by atoms with van der Waals surface area (Å²) in [6, 6.07) is 3.46. The number of furan rings is 1. The molecule has 1 aromatic carbocycles. The number of fused-ring (bicyclic) bond motifs is 3. The first-order valence-electron chi connectivity index (χ1n) is 6.53. The fourth-order valence-corrected chi connectivity index (χ4v) is 3.00. The lowest BCUT2D eigenvalue weighted by Gasteiger charge is -2.31. The smallest absolute Gasteiger partial charge is 0.295 e. The van der Waals surface area contributed by atoms with E-state index in [9.17, 15) is 9.59 Å². The Balaban J connectivity index is 2.29. The SMILES string of the molecule is Cc1c(C(=O)NI)oc2ccc3c(c12)C(=O)CC(C)(C)O3. The summed E-state index contributed by atoms with van der Waals surface area (Å²) in [5.41, 5.74) is 1.18. The van der Waals surface area contributed by atoms with Gasteiger partial charge in [0.05, 0.1) is 34.8 Å². The van der Waals surface area contributed by atoms with Gasteiger partial charge < -0.3 is 9.15 Å². The number of carbonyl (C=O) groups is 2. The van der Waals surface area contributed by atoms with Crippen LogP contribution in [0.2, 0.25) is 0 Å². The predicted octanol–water partition coefficient (Wildman–Crippen LogP) is 3.56. The second-order valence-electron chi connectivity index (χ2n) is 5.75. The van der Waals surface area contributed by atoms with Crippen molar-refractivity contribution >= 4 is 45.5 Å². The van der Waals surface area contributed by atoms with Crippen molar-refractivity contribution < 1.29 is 18.7 Å². The van der Waals surface area contributed by atoms with Crippen molar-refractivity contribution in [2.75, 3.05) is 0 Å². The predicted molar refractivity (Wildman–Crippen MR) is 86.1 cm³/mol. The van der Waals surface area contributed by atoms with Gasteiger partial charge in [0.1, 0.15) is 16.9 Å². The third kappa shape index (κ3) is 2.21. The number of aryl methyl sites for hydroxylation is 1. The summed E-state index contributed by atoms with van der Waals surface area (Å²) >= 11 is 1.76. The number of benzene rings is 1. The summed E-state index contributed by atoms with van der Waals surface area (Å²) in [7, 11) is 0. The molecule has 1 N–H and O–H groups in total. The number of halogens is 1. The Morgan fingerprint density at radius 3 is 2.76 bits per heavy atom. The number of ketones is 1. The summed E-state index contributed by atoms with van der Waals surface area (Å²) in [4.78, 5) is 24.3. The number of amides is 1. The molecule has 1 amide bonds. The van der Waals surface area contributed by atoms with Crippen LogP contribution in [0.1, 0.15) is 46.7 Å². The van der Waals surface area contributed by atoms with Gasteiger partial charge in [0, 0.05) is 10.9 Å². The Bertz CT molecular complexity index is 776. The van der Waals surface area contributed by atoms with Crippen LogP contribution in [-0.4, -0.2) is 17.3 Å². The third-order valence-electron chi connectivity index (χ3n) is 3.60. The summed E-state index contributed by atoms with van der Waals surface area (Å²) in [5.74, 6) is 0.472. The first-order chi connectivity index (χ1) is 9.84. The van der Waals surface area contributed by atoms with Crippen LogP contribution in [0, 0.1) is 6.92 Å². The number of hydrogen-bond acceptors (Lipinski definition) is 4. The van der Waals surface area contributed by atoms with Crippen molar-refractivity contribution in [1.29, 1.82) is 0 Å². The largest absolute Gasteiger partial charge is 0.487 e. The number of hydrogen-bond donors (Lipinski definition) is 1. The Morgan fingerprint density at radius 2 is 2.10 bits per heavy atom. The van der Waals surface area contributed by atoms with Crippen molar-refractivity contribution in [3.05, 3.63) is 29.0 Å². The molecule has 0 bridgehead atoms. The Labute approximate surface area is 135 Å². The first-order valence-corrected chi connectivity index (χ1v) is 7.61. The molecule has 0 fully saturated rings. The van der Waals surface area contributed by atoms with E-state index in [1.54, 1.807) is 41.9 Å². The molecule has 0 saturated heterocycles. The summed E-state index contributed by atoms with van der Waals surface area (Å²) in [6.07, 6.45) is 0.303. The normalized spacial score (nSPS) is 16.5. The van der Waals surface area contributed by atoms with E-state index in [0.717, 1.165) is 0 Å². The molecule has 1 aliphatic rings. The Hall–Kier alpha value is -1.57. The fraction of sp³-hybridized carbons (Fsp3) is 0.333. The molecule has 2 heterocycles. The number of carbonyl (C=O) groups excluding carboxylic acids is 2. The molecule has 3 rings (SSSR count). The molecule has 0 unspecified atom stereocenters. The van der Waals surface area contributed by atoms with Crippen LogP contribution in [0.25, 0.3) is 11.0 Å². The zero-order chi connectivity index (χ0) is 15.4. The van der Waals surface area contributed by atoms with Gasteiger partial charge in [-0.1, -0.05) is 0 Å². The summed E-state index contributed by atoms with van der Waals surface area (Å²) < 4.78 is 14.0. The molecule has 0 aliphatic carbocycles. The van der Waals surface area contributed by atoms with Gasteiger partial charge in [-0.05, 0) is 32.9 Å². The second kappa shape index (κ2) is 4.72. The Morgan fingerprint density at radius 1 is 1.38 bits per heavy atom. The van der Waals surface area contributed by atoms with Crippen LogP contribution in [0.3, 0.4) is 0 Å². The lowest BCUT2D eigenvalue weighted by molar-refractivity contribution is 0.0623. The summed E-state index contributed by atoms with van der Waals surface area (Å²) in [5, 5.41) is 0.669. The van der Waals surface area contributed by atoms with Crippen LogP contribution in [0.4, 0.5) is 0 Å². The number of Topliss-reactive ketones (excluding diaryl/α,β-unsaturated/α-hetero) is 1. The highest BCUT2D eigenvalue weighted by molar-refractivity contribution is 14.1. The molecular weight excluding hydrogens is 385 g/mol. The minimum absolute atomic E-state index is 0.0113. The lowest BCUT2D eigenvalue weighted by Crippen LogP contribution is -2.35. The van der Waals surface area contributed by atoms with Crippen LogP contribution in [-0.2, 0) is 0 Å². The minimum atomic E-state index is -0.516. The van der Waals surface area contributed by atoms with Crippen molar-refractivity contribution in [3.63, 3.8) is 0 Å². The standard InChI is InChI=1S/C15H14INO4/c1-7-11-9(20-13(7)14(19)17-16)4-5-10-12(11)8(18)6-15(2,3)21-10/h4-5H,6H2,1-3H3,(H,17,19). The third-order valence-corrected chi connectivity index (χ3v) is 4.09. The van der Waals surface area contributed by atoms with Crippen LogP contribution in [0.5, 0.6) is 5.75 Å². The number of nitrogens with one attached hydrogen (secondary N) is 1. The monoisotopic (exact) mass is 399 g/mol. The quantitative estimate of drug-likeness (QED) is 0.588. The molecule has 1 aromatic heterocycles. The lowest BCUT2D eigenvalue weighted by atomic mass is 9.90. The van der Waals surface area contributed by atoms with E-state index < -0.39 is 5.60 Å². The van der Waals surface area contributed by atoms with E-state index in [4.69, 9.17) is 9.15 Å². The van der Waals surface area contributed by atoms with Gasteiger partial charge in [0.2, 0.25) is 0 Å². The van der Waals surface area contributed by atoms with E-state index in [0.29, 0.717) is 34.3 Å². The van der Waals surface area contributed by atoms with Crippen LogP contribution < -0.4 is 8.27 Å². The van der Waals surface area contributed by atoms with E-state index in [1.165, 1.54) is 0 Å². The maximum absolute atomic E-state index is 12.5. The van der Waals surface area contributed by atoms with E-state index in [2.05, 4.69) is 3.53 Å². The minimum Gasteiger partial charge on any atom is -0.487 e. The van der Waals surface area contributed by atoms with Gasteiger partial charge in [0.15, 0.2) is 11.5 Å². The molecular formula is C15H14INO4. The van der Waals surface area contributed by atoms with E-state index >= 15 is 0 Å². The van der Waals surface area contributed by atoms with E-state index in [1.807, 2.05) is 13.8 Å². The highest BCUT2D eigenvalue weighted by Crippen LogP contribution is 2.40. The van der Waals surface area contributed by atoms with Crippen molar-refractivity contribution in [3.8, 4) is 5.75 Å². The highest BCUT2D eigenvalue weighted by Gasteiger charge is 2.35. The maximum Gasteiger partial charge on any atom is 0.295 e. The molecule has 0 saturated carbocycles. The fourth-order valence-electron chi connectivity index (χ4n) is 2.75. The van der Waals surface area contributed by atoms with Gasteiger partial charge in [-0.3, -0.25) is 13.1 Å². The zero-order valence-electron chi connectivity index (χ0n) is 11.9. The van der Waals surface area contributed by atoms with E-state index in [-0.39, 0.29) is 17.5 Å². The zero-order valence-corrected chi connectivity index (χ0v) is 14.0. The maximum atomic E-state index is 12.5. The molecule has 2 aromatic rings. The average molecular weight is 399 g/mol. The highest BCUT2D eigenvalue weighted by atomic mass is 127. The molecule has 21 heavy (non-hydrogen) atoms. The van der Waals surface area contributed by atoms with Gasteiger partial charge in [0.25, 0.3) is 5.91 Å². The van der Waals surface area contributed by atoms with Gasteiger partial charge in [-0.2, -0.15) is 0 Å². The topological polar surface area (TPSA) is 68.5 Å². The molecule has 1 aliphatic heterocycles. The molecule has 6 heteroatoms. The average Bonchev–Trinajstić information content (AvgIpc) is 2.74. The Kier molecular flexibility index (Phi) is 3.23. The molecule has 0 spiro atoms. The van der Waals surface area contributed by atoms with Crippen molar-refractivity contribution in [2.45, 2.75) is 32.8 Å². The number of rotatable bonds is 1. The van der Waals surface area contributed by atoms with Crippen LogP contribution in [0.15, 0.2) is 16.5 Å². The van der Waals surface area contributed by atoms with Crippen LogP contribution >= 0.6 is 22.9 Å². The van der Waals surface area contributed by atoms with Crippen molar-refractivity contribution in [2.24, 2.45) is 0 Å².